The third-order valence-corrected chi connectivity index (χ3v) is 4.80. The predicted molar refractivity (Wildman–Crippen MR) is 93.9 cm³/mol. The highest BCUT2D eigenvalue weighted by molar-refractivity contribution is 5.46. The Kier molecular flexibility index (Phi) is 4.41. The molecule has 1 fully saturated rings. The van der Waals surface area contributed by atoms with Crippen LogP contribution >= 0.6 is 0 Å². The minimum atomic E-state index is -0.250. The highest BCUT2D eigenvalue weighted by atomic mass is 19.1. The highest BCUT2D eigenvalue weighted by Gasteiger charge is 2.25. The Labute approximate surface area is 146 Å². The second kappa shape index (κ2) is 7.01. The molecule has 1 aliphatic heterocycles. The molecule has 1 aliphatic rings. The Hall–Kier alpha value is -2.76. The number of hydrogen-bond donors (Lipinski definition) is 0. The van der Waals surface area contributed by atoms with Crippen molar-refractivity contribution in [3.8, 4) is 0 Å². The molecule has 0 unspecified atom stereocenters. The number of halogens is 1. The van der Waals surface area contributed by atoms with E-state index in [2.05, 4.69) is 24.4 Å². The Morgan fingerprint density at radius 3 is 2.52 bits per heavy atom. The van der Waals surface area contributed by atoms with Gasteiger partial charge < -0.3 is 9.47 Å². The van der Waals surface area contributed by atoms with E-state index in [0.717, 1.165) is 38.3 Å². The lowest BCUT2D eigenvalue weighted by Gasteiger charge is -2.33. The van der Waals surface area contributed by atoms with Gasteiger partial charge in [-0.1, -0.05) is 0 Å². The van der Waals surface area contributed by atoms with Crippen LogP contribution in [-0.4, -0.2) is 32.6 Å². The largest absolute Gasteiger partial charge is 0.369 e. The first-order valence-corrected chi connectivity index (χ1v) is 8.55. The number of imidazole rings is 1. The summed E-state index contributed by atoms with van der Waals surface area (Å²) in [5.74, 6) is 1.27. The maximum Gasteiger partial charge on any atom is 0.164 e. The van der Waals surface area contributed by atoms with Crippen molar-refractivity contribution in [2.45, 2.75) is 25.3 Å². The third kappa shape index (κ3) is 3.38. The molecule has 6 heteroatoms. The first-order valence-electron chi connectivity index (χ1n) is 8.55. The van der Waals surface area contributed by atoms with Crippen LogP contribution in [-0.2, 0) is 6.54 Å². The van der Waals surface area contributed by atoms with Crippen LogP contribution in [0.3, 0.4) is 0 Å². The van der Waals surface area contributed by atoms with E-state index in [0.29, 0.717) is 11.6 Å². The normalized spacial score (nSPS) is 15.5. The Bertz CT molecular complexity index is 825. The van der Waals surface area contributed by atoms with Gasteiger partial charge >= 0.3 is 0 Å². The van der Waals surface area contributed by atoms with Gasteiger partial charge in [-0.05, 0) is 36.6 Å². The molecule has 0 amide bonds. The molecule has 3 aromatic rings. The van der Waals surface area contributed by atoms with Gasteiger partial charge in [0.2, 0.25) is 0 Å². The average Bonchev–Trinajstić information content (AvgIpc) is 3.11. The number of nitrogens with zero attached hydrogens (tertiary/aromatic N) is 5. The molecule has 25 heavy (non-hydrogen) atoms. The van der Waals surface area contributed by atoms with E-state index in [4.69, 9.17) is 0 Å². The van der Waals surface area contributed by atoms with E-state index >= 15 is 0 Å². The molecule has 0 aromatic carbocycles. The second-order valence-corrected chi connectivity index (χ2v) is 6.36. The quantitative estimate of drug-likeness (QED) is 0.733. The fourth-order valence-corrected chi connectivity index (χ4v) is 3.50. The van der Waals surface area contributed by atoms with Gasteiger partial charge in [0.15, 0.2) is 5.82 Å². The molecular weight excluding hydrogens is 317 g/mol. The number of rotatable bonds is 4. The molecule has 0 saturated carbocycles. The molecular formula is C19H20FN5. The van der Waals surface area contributed by atoms with Crippen LogP contribution in [0.2, 0.25) is 0 Å². The SMILES string of the molecule is Fc1cnccc1N1CCC(c2nccn2Cc2ccncc2)CC1. The zero-order chi connectivity index (χ0) is 17.1. The molecule has 0 bridgehead atoms. The summed E-state index contributed by atoms with van der Waals surface area (Å²) >= 11 is 0. The molecule has 0 aliphatic carbocycles. The third-order valence-electron chi connectivity index (χ3n) is 4.80. The Morgan fingerprint density at radius 2 is 1.76 bits per heavy atom. The standard InChI is InChI=1S/C19H20FN5/c20-17-13-22-8-3-18(17)24-10-4-16(5-11-24)19-23-9-12-25(19)14-15-1-6-21-7-2-15/h1-3,6-9,12-13,16H,4-5,10-11,14H2. The summed E-state index contributed by atoms with van der Waals surface area (Å²) in [6, 6.07) is 5.80. The molecule has 4 rings (SSSR count). The van der Waals surface area contributed by atoms with Crippen molar-refractivity contribution in [3.63, 3.8) is 0 Å². The number of piperidine rings is 1. The van der Waals surface area contributed by atoms with Gasteiger partial charge in [0, 0.05) is 56.5 Å². The molecule has 5 nitrogen and oxygen atoms in total. The Morgan fingerprint density at radius 1 is 1.00 bits per heavy atom. The monoisotopic (exact) mass is 337 g/mol. The van der Waals surface area contributed by atoms with Gasteiger partial charge in [-0.3, -0.25) is 9.97 Å². The highest BCUT2D eigenvalue weighted by Crippen LogP contribution is 2.30. The van der Waals surface area contributed by atoms with E-state index in [9.17, 15) is 4.39 Å². The summed E-state index contributed by atoms with van der Waals surface area (Å²) in [6.45, 7) is 2.46. The van der Waals surface area contributed by atoms with Crippen molar-refractivity contribution in [2.75, 3.05) is 18.0 Å². The molecule has 0 radical (unpaired) electrons. The number of anilines is 1. The van der Waals surface area contributed by atoms with Gasteiger partial charge in [0.1, 0.15) is 5.82 Å². The molecule has 4 heterocycles. The minimum absolute atomic E-state index is 0.250. The number of pyridine rings is 2. The van der Waals surface area contributed by atoms with E-state index in [1.54, 1.807) is 12.3 Å². The van der Waals surface area contributed by atoms with Crippen LogP contribution in [0.1, 0.15) is 30.1 Å². The summed E-state index contributed by atoms with van der Waals surface area (Å²) < 4.78 is 16.1. The second-order valence-electron chi connectivity index (χ2n) is 6.36. The van der Waals surface area contributed by atoms with Gasteiger partial charge in [0.05, 0.1) is 11.9 Å². The first-order chi connectivity index (χ1) is 12.3. The van der Waals surface area contributed by atoms with Crippen molar-refractivity contribution in [3.05, 3.63) is 72.6 Å². The van der Waals surface area contributed by atoms with Crippen molar-refractivity contribution >= 4 is 5.69 Å². The predicted octanol–water partition coefficient (Wildman–Crippen LogP) is 3.24. The van der Waals surface area contributed by atoms with Crippen LogP contribution in [0, 0.1) is 5.82 Å². The van der Waals surface area contributed by atoms with Crippen molar-refractivity contribution in [2.24, 2.45) is 0 Å². The lowest BCUT2D eigenvalue weighted by molar-refractivity contribution is 0.465. The van der Waals surface area contributed by atoms with Crippen molar-refractivity contribution in [1.29, 1.82) is 0 Å². The molecule has 0 spiro atoms. The van der Waals surface area contributed by atoms with Gasteiger partial charge in [-0.25, -0.2) is 9.37 Å². The van der Waals surface area contributed by atoms with Crippen LogP contribution in [0.5, 0.6) is 0 Å². The van der Waals surface area contributed by atoms with E-state index in [1.807, 2.05) is 36.9 Å². The van der Waals surface area contributed by atoms with Gasteiger partial charge in [0.25, 0.3) is 0 Å². The van der Waals surface area contributed by atoms with Crippen LogP contribution in [0.4, 0.5) is 10.1 Å². The summed E-state index contributed by atoms with van der Waals surface area (Å²) in [5.41, 5.74) is 1.86. The van der Waals surface area contributed by atoms with Crippen LogP contribution in [0.15, 0.2) is 55.4 Å². The Balaban J connectivity index is 1.45. The maximum absolute atomic E-state index is 13.9. The molecule has 128 valence electrons. The maximum atomic E-state index is 13.9. The van der Waals surface area contributed by atoms with E-state index < -0.39 is 0 Å². The summed E-state index contributed by atoms with van der Waals surface area (Å²) in [5, 5.41) is 0. The molecule has 0 atom stereocenters. The van der Waals surface area contributed by atoms with E-state index in [1.165, 1.54) is 11.8 Å². The minimum Gasteiger partial charge on any atom is -0.369 e. The zero-order valence-corrected chi connectivity index (χ0v) is 13.9. The number of aromatic nitrogens is 4. The zero-order valence-electron chi connectivity index (χ0n) is 13.9. The van der Waals surface area contributed by atoms with Gasteiger partial charge in [-0.15, -0.1) is 0 Å². The topological polar surface area (TPSA) is 46.8 Å². The van der Waals surface area contributed by atoms with Crippen LogP contribution in [0.25, 0.3) is 0 Å². The number of hydrogen-bond acceptors (Lipinski definition) is 4. The van der Waals surface area contributed by atoms with Gasteiger partial charge in [-0.2, -0.15) is 0 Å². The fourth-order valence-electron chi connectivity index (χ4n) is 3.50. The smallest absolute Gasteiger partial charge is 0.164 e. The fraction of sp³-hybridized carbons (Fsp3) is 0.316. The average molecular weight is 337 g/mol. The first kappa shape index (κ1) is 15.7. The summed E-state index contributed by atoms with van der Waals surface area (Å²) in [4.78, 5) is 14.6. The molecule has 1 saturated heterocycles. The van der Waals surface area contributed by atoms with Crippen molar-refractivity contribution < 1.29 is 4.39 Å². The molecule has 3 aromatic heterocycles. The van der Waals surface area contributed by atoms with E-state index in [-0.39, 0.29) is 5.82 Å². The summed E-state index contributed by atoms with van der Waals surface area (Å²) in [7, 11) is 0. The lowest BCUT2D eigenvalue weighted by atomic mass is 9.95. The van der Waals surface area contributed by atoms with Crippen LogP contribution < -0.4 is 4.90 Å². The van der Waals surface area contributed by atoms with Crippen molar-refractivity contribution in [1.82, 2.24) is 19.5 Å². The lowest BCUT2D eigenvalue weighted by Crippen LogP contribution is -2.34. The summed E-state index contributed by atoms with van der Waals surface area (Å²) in [6.07, 6.45) is 12.4. The molecule has 0 N–H and O–H groups in total.